The van der Waals surface area contributed by atoms with Gasteiger partial charge in [-0.05, 0) is 0 Å². The molecule has 0 atom stereocenters. The van der Waals surface area contributed by atoms with Crippen molar-refractivity contribution in [2.24, 2.45) is 0 Å². The third kappa shape index (κ3) is 48.5. The van der Waals surface area contributed by atoms with E-state index >= 15 is 0 Å². The van der Waals surface area contributed by atoms with E-state index in [1.165, 1.54) is 0 Å². The first kappa shape index (κ1) is 88.9. The van der Waals surface area contributed by atoms with Gasteiger partial charge in [0.1, 0.15) is 0 Å². The maximum Gasteiger partial charge on any atom is 3.00 e. The third-order valence-electron chi connectivity index (χ3n) is 0. The average Bonchev–Trinajstić information content (AvgIpc) is 0. The fourth-order valence-electron chi connectivity index (χ4n) is 0. The molecule has 0 nitrogen and oxygen atoms in total. The summed E-state index contributed by atoms with van der Waals surface area (Å²) in [4.78, 5) is 0. The SMILES string of the molecule is [Fe+3].[Mg+2].[SH-].[SH-].[SH-].[SH-].[SH-]. The normalized spacial score (nSPS) is 0. The Morgan fingerprint density at radius 2 is 0.429 bits per heavy atom. The second-order valence-electron chi connectivity index (χ2n) is 0. The van der Waals surface area contributed by atoms with Gasteiger partial charge in [-0.2, -0.15) is 0 Å². The first-order valence-electron chi connectivity index (χ1n) is 0. The number of rotatable bonds is 0. The summed E-state index contributed by atoms with van der Waals surface area (Å²) in [6, 6.07) is 0. The van der Waals surface area contributed by atoms with Crippen molar-refractivity contribution in [2.75, 3.05) is 0 Å². The summed E-state index contributed by atoms with van der Waals surface area (Å²) >= 11 is 0. The van der Waals surface area contributed by atoms with Crippen molar-refractivity contribution >= 4 is 90.5 Å². The Labute approximate surface area is 106 Å². The molecule has 7 heteroatoms. The summed E-state index contributed by atoms with van der Waals surface area (Å²) < 4.78 is 0. The summed E-state index contributed by atoms with van der Waals surface area (Å²) in [5.74, 6) is 0. The maximum absolute atomic E-state index is 0. The molecular weight excluding hydrogens is 240 g/mol. The van der Waals surface area contributed by atoms with Crippen molar-refractivity contribution in [2.45, 2.75) is 0 Å². The molecule has 0 fully saturated rings. The average molecular weight is 246 g/mol. The summed E-state index contributed by atoms with van der Waals surface area (Å²) in [6.07, 6.45) is 0. The summed E-state index contributed by atoms with van der Waals surface area (Å²) in [5, 5.41) is 0. The van der Waals surface area contributed by atoms with Crippen molar-refractivity contribution < 1.29 is 17.1 Å². The van der Waals surface area contributed by atoms with Gasteiger partial charge in [-0.1, -0.05) is 0 Å². The molecule has 1 radical (unpaired) electrons. The van der Waals surface area contributed by atoms with Gasteiger partial charge in [0.2, 0.25) is 0 Å². The van der Waals surface area contributed by atoms with E-state index in [1.807, 2.05) is 0 Å². The van der Waals surface area contributed by atoms with Crippen LogP contribution in [0.2, 0.25) is 0 Å². The number of hydrogen-bond donors (Lipinski definition) is 0. The molecule has 0 aliphatic heterocycles. The topological polar surface area (TPSA) is 0 Å². The van der Waals surface area contributed by atoms with Gasteiger partial charge in [0, 0.05) is 0 Å². The van der Waals surface area contributed by atoms with Gasteiger partial charge in [-0.3, -0.25) is 0 Å². The van der Waals surface area contributed by atoms with Gasteiger partial charge in [-0.15, -0.1) is 0 Å². The van der Waals surface area contributed by atoms with E-state index < -0.39 is 0 Å². The Morgan fingerprint density at radius 3 is 0.429 bits per heavy atom. The molecule has 0 aromatic heterocycles. The van der Waals surface area contributed by atoms with Crippen molar-refractivity contribution in [1.29, 1.82) is 0 Å². The first-order valence-corrected chi connectivity index (χ1v) is 0. The van der Waals surface area contributed by atoms with E-state index in [1.54, 1.807) is 0 Å². The molecule has 0 bridgehead atoms. The van der Waals surface area contributed by atoms with Crippen LogP contribution in [0.5, 0.6) is 0 Å². The summed E-state index contributed by atoms with van der Waals surface area (Å²) in [5.41, 5.74) is 0. The van der Waals surface area contributed by atoms with Gasteiger partial charge in [0.15, 0.2) is 0 Å². The fourth-order valence-corrected chi connectivity index (χ4v) is 0. The monoisotopic (exact) mass is 245 g/mol. The Kier molecular flexibility index (Phi) is 804. The van der Waals surface area contributed by atoms with E-state index in [4.69, 9.17) is 0 Å². The van der Waals surface area contributed by atoms with Crippen molar-refractivity contribution in [3.63, 3.8) is 0 Å². The van der Waals surface area contributed by atoms with Crippen LogP contribution in [0.1, 0.15) is 0 Å². The minimum Gasteiger partial charge on any atom is -0.813 e. The first-order chi connectivity index (χ1) is 0. The van der Waals surface area contributed by atoms with Crippen LogP contribution in [0, 0.1) is 0 Å². The molecule has 0 aromatic carbocycles. The molecule has 0 amide bonds. The minimum atomic E-state index is 0. The Hall–Kier alpha value is 3.04. The zero-order chi connectivity index (χ0) is 0. The van der Waals surface area contributed by atoms with E-state index in [-0.39, 0.29) is 108 Å². The summed E-state index contributed by atoms with van der Waals surface area (Å²) in [7, 11) is 0. The zero-order valence-corrected chi connectivity index (χ0v) is 10.3. The molecule has 0 aliphatic rings. The zero-order valence-electron chi connectivity index (χ0n) is 3.30. The molecule has 0 heterocycles. The number of hydrogen-bond acceptors (Lipinski definition) is 5. The van der Waals surface area contributed by atoms with Crippen molar-refractivity contribution in [3.8, 4) is 0 Å². The molecule has 0 rings (SSSR count). The minimum absolute atomic E-state index is 0. The molecule has 45 valence electrons. The van der Waals surface area contributed by atoms with Crippen LogP contribution < -0.4 is 0 Å². The smallest absolute Gasteiger partial charge is 0.813 e. The van der Waals surface area contributed by atoms with Crippen LogP contribution in [0.3, 0.4) is 0 Å². The molecule has 0 unspecified atom stereocenters. The van der Waals surface area contributed by atoms with Crippen LogP contribution in [-0.4, -0.2) is 23.1 Å². The third-order valence-corrected chi connectivity index (χ3v) is 0. The molecule has 0 spiro atoms. The molecule has 0 N–H and O–H groups in total. The predicted molar refractivity (Wildman–Crippen MR) is 49.6 cm³/mol. The molecule has 0 saturated carbocycles. The van der Waals surface area contributed by atoms with Gasteiger partial charge < -0.3 is 67.5 Å². The quantitative estimate of drug-likeness (QED) is 0.282. The molecule has 0 aromatic rings. The van der Waals surface area contributed by atoms with E-state index in [0.717, 1.165) is 0 Å². The van der Waals surface area contributed by atoms with E-state index in [2.05, 4.69) is 0 Å². The van der Waals surface area contributed by atoms with E-state index in [9.17, 15) is 0 Å². The standard InChI is InChI=1S/Fe.Mg.5H2S/h;;5*1H2/q+3;+2;;;;;/p-5. The Balaban J connectivity index is 0. The largest absolute Gasteiger partial charge is 3.00 e. The van der Waals surface area contributed by atoms with Crippen LogP contribution in [0.25, 0.3) is 0 Å². The van der Waals surface area contributed by atoms with E-state index in [0.29, 0.717) is 0 Å². The van der Waals surface area contributed by atoms with Gasteiger partial charge in [-0.25, -0.2) is 0 Å². The maximum atomic E-state index is 0. The fraction of sp³-hybridized carbons (Fsp3) is 0. The predicted octanol–water partition coefficient (Wildman–Crippen LogP) is -1.73. The molecule has 7 heavy (non-hydrogen) atoms. The Bertz CT molecular complexity index is 8.04. The van der Waals surface area contributed by atoms with Gasteiger partial charge in [0.05, 0.1) is 0 Å². The second kappa shape index (κ2) is 63.3. The van der Waals surface area contributed by atoms with Gasteiger partial charge in [0.25, 0.3) is 0 Å². The number of thiol groups is 5. The molecular formula is H5FeMgS5. The molecule has 0 aliphatic carbocycles. The van der Waals surface area contributed by atoms with Crippen LogP contribution >= 0.6 is 0 Å². The van der Waals surface area contributed by atoms with Crippen LogP contribution in [0.15, 0.2) is 0 Å². The second-order valence-corrected chi connectivity index (χ2v) is 0. The van der Waals surface area contributed by atoms with Crippen LogP contribution in [0.4, 0.5) is 0 Å². The Morgan fingerprint density at radius 1 is 0.429 bits per heavy atom. The van der Waals surface area contributed by atoms with Crippen molar-refractivity contribution in [1.82, 2.24) is 0 Å². The van der Waals surface area contributed by atoms with Crippen molar-refractivity contribution in [3.05, 3.63) is 0 Å². The molecule has 0 saturated heterocycles. The van der Waals surface area contributed by atoms with Crippen LogP contribution in [-0.2, 0) is 84.5 Å². The van der Waals surface area contributed by atoms with Gasteiger partial charge >= 0.3 is 40.1 Å². The summed E-state index contributed by atoms with van der Waals surface area (Å²) in [6.45, 7) is 0.